The third-order valence-corrected chi connectivity index (χ3v) is 5.50. The zero-order valence-corrected chi connectivity index (χ0v) is 19.2. The highest BCUT2D eigenvalue weighted by atomic mass is 32.1. The minimum Gasteiger partial charge on any atom is -0.497 e. The highest BCUT2D eigenvalue weighted by molar-refractivity contribution is 7.80. The second kappa shape index (κ2) is 10.7. The largest absolute Gasteiger partial charge is 0.497 e. The van der Waals surface area contributed by atoms with Crippen molar-refractivity contribution in [3.05, 3.63) is 39.8 Å². The number of ether oxygens (including phenoxy) is 4. The topological polar surface area (TPSA) is 112 Å². The van der Waals surface area contributed by atoms with Crippen molar-refractivity contribution in [3.8, 4) is 11.5 Å². The zero-order valence-electron chi connectivity index (χ0n) is 17.6. The molecule has 2 N–H and O–H groups in total. The molecule has 0 saturated carbocycles. The van der Waals surface area contributed by atoms with E-state index in [9.17, 15) is 14.4 Å². The van der Waals surface area contributed by atoms with Crippen molar-refractivity contribution in [2.45, 2.75) is 13.8 Å². The summed E-state index contributed by atoms with van der Waals surface area (Å²) in [7, 11) is 4.17. The summed E-state index contributed by atoms with van der Waals surface area (Å²) in [4.78, 5) is 37.3. The van der Waals surface area contributed by atoms with E-state index >= 15 is 0 Å². The summed E-state index contributed by atoms with van der Waals surface area (Å²) in [5.41, 5.74) is 0.769. The molecule has 9 nitrogen and oxygen atoms in total. The van der Waals surface area contributed by atoms with Gasteiger partial charge in [0.15, 0.2) is 5.11 Å². The molecule has 0 aliphatic rings. The van der Waals surface area contributed by atoms with Crippen molar-refractivity contribution < 1.29 is 33.3 Å². The van der Waals surface area contributed by atoms with Gasteiger partial charge in [0.2, 0.25) is 0 Å². The molecule has 2 rings (SSSR count). The number of thiophene rings is 1. The Kier molecular flexibility index (Phi) is 8.34. The quantitative estimate of drug-likeness (QED) is 0.469. The van der Waals surface area contributed by atoms with E-state index in [1.54, 1.807) is 26.0 Å². The van der Waals surface area contributed by atoms with E-state index in [0.29, 0.717) is 17.1 Å². The summed E-state index contributed by atoms with van der Waals surface area (Å²) < 4.78 is 20.2. The summed E-state index contributed by atoms with van der Waals surface area (Å²) >= 11 is 6.20. The maximum Gasteiger partial charge on any atom is 0.348 e. The minimum absolute atomic E-state index is 0.0777. The summed E-state index contributed by atoms with van der Waals surface area (Å²) in [6, 6.07) is 4.71. The van der Waals surface area contributed by atoms with Gasteiger partial charge in [-0.15, -0.1) is 11.3 Å². The van der Waals surface area contributed by atoms with Gasteiger partial charge in [-0.25, -0.2) is 9.59 Å². The summed E-state index contributed by atoms with van der Waals surface area (Å²) in [5.74, 6) is -0.931. The Morgan fingerprint density at radius 1 is 1.10 bits per heavy atom. The van der Waals surface area contributed by atoms with Crippen molar-refractivity contribution >= 4 is 51.5 Å². The molecule has 1 heterocycles. The second-order valence-electron chi connectivity index (χ2n) is 5.95. The third-order valence-electron chi connectivity index (χ3n) is 4.10. The van der Waals surface area contributed by atoms with E-state index in [1.165, 1.54) is 27.4 Å². The molecule has 11 heteroatoms. The number of hydrogen-bond acceptors (Lipinski definition) is 9. The Bertz CT molecular complexity index is 1020. The molecule has 31 heavy (non-hydrogen) atoms. The molecule has 1 aromatic carbocycles. The first-order valence-electron chi connectivity index (χ1n) is 9.00. The molecule has 0 unspecified atom stereocenters. The van der Waals surface area contributed by atoms with E-state index in [2.05, 4.69) is 10.6 Å². The number of carbonyl (C=O) groups is 3. The molecule has 0 aliphatic heterocycles. The van der Waals surface area contributed by atoms with Gasteiger partial charge in [-0.05, 0) is 43.8 Å². The van der Waals surface area contributed by atoms with Crippen LogP contribution in [0.3, 0.4) is 0 Å². The molecule has 1 aromatic heterocycles. The van der Waals surface area contributed by atoms with Crippen LogP contribution in [0, 0.1) is 6.92 Å². The van der Waals surface area contributed by atoms with Gasteiger partial charge in [-0.3, -0.25) is 10.1 Å². The van der Waals surface area contributed by atoms with Gasteiger partial charge < -0.3 is 24.3 Å². The number of thiocarbonyl (C=S) groups is 1. The first-order valence-corrected chi connectivity index (χ1v) is 10.2. The van der Waals surface area contributed by atoms with Crippen molar-refractivity contribution in [2.75, 3.05) is 33.3 Å². The monoisotopic (exact) mass is 466 g/mol. The van der Waals surface area contributed by atoms with Crippen LogP contribution in [0.4, 0.5) is 5.00 Å². The Balaban J connectivity index is 2.28. The fraction of sp³-hybridized carbons (Fsp3) is 0.300. The average molecular weight is 467 g/mol. The van der Waals surface area contributed by atoms with Crippen molar-refractivity contribution in [2.24, 2.45) is 0 Å². The van der Waals surface area contributed by atoms with Gasteiger partial charge in [-0.1, -0.05) is 0 Å². The SMILES string of the molecule is CCOC(=O)c1c(NC(=S)NC(=O)c2ccc(OC)cc2OC)sc(C(=O)OC)c1C. The van der Waals surface area contributed by atoms with Crippen LogP contribution in [0.1, 0.15) is 42.9 Å². The standard InChI is InChI=1S/C20H22N2O7S2/c1-6-29-18(24)14-10(2)15(19(25)28-5)31-17(14)22-20(30)21-16(23)12-8-7-11(26-3)9-13(12)27-4/h7-9H,6H2,1-5H3,(H2,21,22,23,30). The lowest BCUT2D eigenvalue weighted by Crippen LogP contribution is -2.34. The lowest BCUT2D eigenvalue weighted by atomic mass is 10.1. The normalized spacial score (nSPS) is 10.1. The van der Waals surface area contributed by atoms with E-state index < -0.39 is 17.8 Å². The van der Waals surface area contributed by atoms with Crippen LogP contribution in [-0.4, -0.2) is 50.9 Å². The summed E-state index contributed by atoms with van der Waals surface area (Å²) in [5, 5.41) is 5.50. The molecular formula is C20H22N2O7S2. The molecule has 0 saturated heterocycles. The van der Waals surface area contributed by atoms with Gasteiger partial charge in [0.1, 0.15) is 21.4 Å². The fourth-order valence-electron chi connectivity index (χ4n) is 2.63. The molecule has 0 spiro atoms. The van der Waals surface area contributed by atoms with E-state index in [-0.39, 0.29) is 32.7 Å². The van der Waals surface area contributed by atoms with Crippen LogP contribution in [0.25, 0.3) is 0 Å². The second-order valence-corrected chi connectivity index (χ2v) is 7.38. The number of hydrogen-bond donors (Lipinski definition) is 2. The number of esters is 2. The van der Waals surface area contributed by atoms with Crippen LogP contribution < -0.4 is 20.1 Å². The van der Waals surface area contributed by atoms with Gasteiger partial charge in [0.25, 0.3) is 5.91 Å². The maximum atomic E-state index is 12.7. The molecule has 0 fully saturated rings. The van der Waals surface area contributed by atoms with Crippen LogP contribution in [0.2, 0.25) is 0 Å². The summed E-state index contributed by atoms with van der Waals surface area (Å²) in [6.07, 6.45) is 0. The van der Waals surface area contributed by atoms with E-state index in [4.69, 9.17) is 31.2 Å². The number of amides is 1. The van der Waals surface area contributed by atoms with Crippen molar-refractivity contribution in [1.82, 2.24) is 5.32 Å². The molecule has 0 bridgehead atoms. The number of benzene rings is 1. The van der Waals surface area contributed by atoms with Crippen LogP contribution >= 0.6 is 23.6 Å². The molecular weight excluding hydrogens is 444 g/mol. The Morgan fingerprint density at radius 3 is 2.39 bits per heavy atom. The predicted molar refractivity (Wildman–Crippen MR) is 120 cm³/mol. The Hall–Kier alpha value is -3.18. The van der Waals surface area contributed by atoms with Gasteiger partial charge in [0, 0.05) is 6.07 Å². The van der Waals surface area contributed by atoms with Crippen LogP contribution in [0.5, 0.6) is 11.5 Å². The number of nitrogens with one attached hydrogen (secondary N) is 2. The highest BCUT2D eigenvalue weighted by Crippen LogP contribution is 2.34. The molecule has 0 radical (unpaired) electrons. The van der Waals surface area contributed by atoms with Gasteiger partial charge in [0.05, 0.1) is 39.1 Å². The smallest absolute Gasteiger partial charge is 0.348 e. The molecule has 0 atom stereocenters. The third kappa shape index (κ3) is 5.50. The van der Waals surface area contributed by atoms with E-state index in [0.717, 1.165) is 11.3 Å². The number of rotatable bonds is 7. The van der Waals surface area contributed by atoms with Gasteiger partial charge >= 0.3 is 11.9 Å². The first-order chi connectivity index (χ1) is 14.8. The van der Waals surface area contributed by atoms with E-state index in [1.807, 2.05) is 0 Å². The Morgan fingerprint density at radius 2 is 1.81 bits per heavy atom. The lowest BCUT2D eigenvalue weighted by molar-refractivity contribution is 0.0527. The van der Waals surface area contributed by atoms with Gasteiger partial charge in [-0.2, -0.15) is 0 Å². The number of methoxy groups -OCH3 is 3. The Labute approximate surface area is 188 Å². The number of anilines is 1. The van der Waals surface area contributed by atoms with Crippen LogP contribution in [0.15, 0.2) is 18.2 Å². The highest BCUT2D eigenvalue weighted by Gasteiger charge is 2.27. The van der Waals surface area contributed by atoms with Crippen molar-refractivity contribution in [3.63, 3.8) is 0 Å². The van der Waals surface area contributed by atoms with Crippen LogP contribution in [-0.2, 0) is 9.47 Å². The molecule has 2 aromatic rings. The molecule has 0 aliphatic carbocycles. The molecule has 1 amide bonds. The minimum atomic E-state index is -0.625. The predicted octanol–water partition coefficient (Wildman–Crippen LogP) is 3.16. The lowest BCUT2D eigenvalue weighted by Gasteiger charge is -2.12. The average Bonchev–Trinajstić information content (AvgIpc) is 3.08. The van der Waals surface area contributed by atoms with Crippen molar-refractivity contribution in [1.29, 1.82) is 0 Å². The first kappa shape index (κ1) is 24.1. The molecule has 166 valence electrons. The summed E-state index contributed by atoms with van der Waals surface area (Å²) in [6.45, 7) is 3.42. The maximum absolute atomic E-state index is 12.7. The fourth-order valence-corrected chi connectivity index (χ4v) is 4.01. The number of carbonyl (C=O) groups excluding carboxylic acids is 3. The zero-order chi connectivity index (χ0) is 23.1.